The standard InChI is InChI=1S/C21H20O2/c22-19-14-20(16-10-2-1-3-11-16)23-21-17-12-6-4-8-15(17)9-5-7-13-18(19)21/h1-4,6,8,10-12,20H,5,7,9,13-14H2. The number of fused-ring (bicyclic) bond motifs is 2. The topological polar surface area (TPSA) is 26.3 Å². The summed E-state index contributed by atoms with van der Waals surface area (Å²) in [6.07, 6.45) is 4.35. The molecule has 0 amide bonds. The Labute approximate surface area is 136 Å². The number of Topliss-reactive ketones (excluding diaryl/α,β-unsaturated/α-hetero) is 1. The lowest BCUT2D eigenvalue weighted by Gasteiger charge is -2.30. The monoisotopic (exact) mass is 304 g/mol. The average molecular weight is 304 g/mol. The predicted octanol–water partition coefficient (Wildman–Crippen LogP) is 4.85. The van der Waals surface area contributed by atoms with Crippen molar-refractivity contribution in [2.75, 3.05) is 0 Å². The largest absolute Gasteiger partial charge is 0.484 e. The van der Waals surface area contributed by atoms with Crippen LogP contribution in [-0.2, 0) is 16.0 Å². The maximum atomic E-state index is 12.7. The minimum Gasteiger partial charge on any atom is -0.484 e. The third-order valence-electron chi connectivity index (χ3n) is 4.80. The highest BCUT2D eigenvalue weighted by atomic mass is 16.5. The number of hydrogen-bond donors (Lipinski definition) is 0. The molecule has 2 heteroatoms. The Morgan fingerprint density at radius 2 is 1.61 bits per heavy atom. The second kappa shape index (κ2) is 6.04. The summed E-state index contributed by atoms with van der Waals surface area (Å²) in [7, 11) is 0. The van der Waals surface area contributed by atoms with Crippen molar-refractivity contribution in [2.45, 2.75) is 38.2 Å². The number of carbonyl (C=O) groups is 1. The Morgan fingerprint density at radius 1 is 0.870 bits per heavy atom. The molecular weight excluding hydrogens is 284 g/mol. The van der Waals surface area contributed by atoms with Gasteiger partial charge in [0.2, 0.25) is 0 Å². The summed E-state index contributed by atoms with van der Waals surface area (Å²) >= 11 is 0. The Hall–Kier alpha value is -2.35. The van der Waals surface area contributed by atoms with E-state index < -0.39 is 0 Å². The zero-order chi connectivity index (χ0) is 15.6. The maximum absolute atomic E-state index is 12.7. The van der Waals surface area contributed by atoms with Crippen molar-refractivity contribution < 1.29 is 9.53 Å². The fourth-order valence-corrected chi connectivity index (χ4v) is 3.58. The van der Waals surface area contributed by atoms with E-state index in [0.29, 0.717) is 6.42 Å². The molecule has 116 valence electrons. The summed E-state index contributed by atoms with van der Waals surface area (Å²) in [6.45, 7) is 0. The summed E-state index contributed by atoms with van der Waals surface area (Å²) in [4.78, 5) is 12.7. The second-order valence-electron chi connectivity index (χ2n) is 6.32. The normalized spacial score (nSPS) is 20.9. The van der Waals surface area contributed by atoms with Gasteiger partial charge < -0.3 is 4.74 Å². The highest BCUT2D eigenvalue weighted by molar-refractivity contribution is 6.03. The first-order valence-corrected chi connectivity index (χ1v) is 8.39. The molecule has 2 aromatic carbocycles. The van der Waals surface area contributed by atoms with Crippen LogP contribution in [0.1, 0.15) is 48.5 Å². The molecule has 1 atom stereocenters. The smallest absolute Gasteiger partial charge is 0.166 e. The van der Waals surface area contributed by atoms with Gasteiger partial charge in [-0.1, -0.05) is 54.6 Å². The number of ether oxygens (including phenoxy) is 1. The molecule has 2 aromatic rings. The van der Waals surface area contributed by atoms with Crippen LogP contribution in [0, 0.1) is 0 Å². The summed E-state index contributed by atoms with van der Waals surface area (Å²) < 4.78 is 6.37. The lowest BCUT2D eigenvalue weighted by Crippen LogP contribution is -2.21. The number of carbonyl (C=O) groups excluding carboxylic acids is 1. The van der Waals surface area contributed by atoms with E-state index in [2.05, 4.69) is 18.2 Å². The number of rotatable bonds is 1. The van der Waals surface area contributed by atoms with Crippen molar-refractivity contribution in [3.63, 3.8) is 0 Å². The van der Waals surface area contributed by atoms with Crippen LogP contribution in [0.5, 0.6) is 0 Å². The van der Waals surface area contributed by atoms with Gasteiger partial charge in [0.15, 0.2) is 5.78 Å². The molecule has 0 radical (unpaired) electrons. The van der Waals surface area contributed by atoms with Gasteiger partial charge in [-0.2, -0.15) is 0 Å². The van der Waals surface area contributed by atoms with Gasteiger partial charge in [0.05, 0.1) is 6.42 Å². The summed E-state index contributed by atoms with van der Waals surface area (Å²) in [5, 5.41) is 0. The van der Waals surface area contributed by atoms with E-state index in [1.165, 1.54) is 5.56 Å². The second-order valence-corrected chi connectivity index (χ2v) is 6.32. The number of benzene rings is 2. The van der Waals surface area contributed by atoms with E-state index >= 15 is 0 Å². The number of allylic oxidation sites excluding steroid dienone is 1. The Bertz CT molecular complexity index is 758. The molecule has 0 saturated heterocycles. The molecular formula is C21H20O2. The first kappa shape index (κ1) is 14.3. The third-order valence-corrected chi connectivity index (χ3v) is 4.80. The fraction of sp³-hybridized carbons (Fsp3) is 0.286. The quantitative estimate of drug-likeness (QED) is 0.752. The van der Waals surface area contributed by atoms with Gasteiger partial charge in [0.25, 0.3) is 0 Å². The number of aryl methyl sites for hydroxylation is 1. The van der Waals surface area contributed by atoms with Crippen LogP contribution in [0.15, 0.2) is 60.2 Å². The van der Waals surface area contributed by atoms with Crippen LogP contribution >= 0.6 is 0 Å². The molecule has 0 saturated carbocycles. The van der Waals surface area contributed by atoms with Crippen molar-refractivity contribution in [1.29, 1.82) is 0 Å². The molecule has 0 spiro atoms. The molecule has 2 aliphatic rings. The molecule has 2 nitrogen and oxygen atoms in total. The van der Waals surface area contributed by atoms with E-state index in [1.807, 2.05) is 36.4 Å². The van der Waals surface area contributed by atoms with E-state index in [0.717, 1.165) is 48.1 Å². The molecule has 1 unspecified atom stereocenters. The predicted molar refractivity (Wildman–Crippen MR) is 90.8 cm³/mol. The first-order chi connectivity index (χ1) is 11.3. The zero-order valence-electron chi connectivity index (χ0n) is 13.1. The Balaban J connectivity index is 1.79. The zero-order valence-corrected chi connectivity index (χ0v) is 13.1. The number of ketones is 1. The van der Waals surface area contributed by atoms with E-state index in [9.17, 15) is 4.79 Å². The maximum Gasteiger partial charge on any atom is 0.166 e. The average Bonchev–Trinajstić information content (AvgIpc) is 2.58. The van der Waals surface area contributed by atoms with Crippen LogP contribution in [0.3, 0.4) is 0 Å². The minimum absolute atomic E-state index is 0.171. The van der Waals surface area contributed by atoms with Crippen molar-refractivity contribution in [2.24, 2.45) is 0 Å². The van der Waals surface area contributed by atoms with Gasteiger partial charge in [-0.15, -0.1) is 0 Å². The van der Waals surface area contributed by atoms with Gasteiger partial charge in [0.1, 0.15) is 11.9 Å². The summed E-state index contributed by atoms with van der Waals surface area (Å²) in [5.74, 6) is 1.07. The molecule has 0 fully saturated rings. The lowest BCUT2D eigenvalue weighted by atomic mass is 9.87. The molecule has 1 aliphatic carbocycles. The Morgan fingerprint density at radius 3 is 2.48 bits per heavy atom. The van der Waals surface area contributed by atoms with Gasteiger partial charge in [-0.05, 0) is 36.8 Å². The summed E-state index contributed by atoms with van der Waals surface area (Å²) in [5.41, 5.74) is 4.37. The summed E-state index contributed by atoms with van der Waals surface area (Å²) in [6, 6.07) is 18.4. The fourth-order valence-electron chi connectivity index (χ4n) is 3.58. The molecule has 23 heavy (non-hydrogen) atoms. The van der Waals surface area contributed by atoms with Gasteiger partial charge in [-0.25, -0.2) is 0 Å². The van der Waals surface area contributed by atoms with E-state index in [4.69, 9.17) is 4.74 Å². The van der Waals surface area contributed by atoms with Crippen molar-refractivity contribution in [3.05, 3.63) is 76.9 Å². The molecule has 1 aliphatic heterocycles. The van der Waals surface area contributed by atoms with Crippen LogP contribution in [0.2, 0.25) is 0 Å². The van der Waals surface area contributed by atoms with Crippen LogP contribution in [0.25, 0.3) is 5.76 Å². The van der Waals surface area contributed by atoms with Crippen LogP contribution in [0.4, 0.5) is 0 Å². The van der Waals surface area contributed by atoms with Crippen molar-refractivity contribution in [1.82, 2.24) is 0 Å². The molecule has 0 N–H and O–H groups in total. The van der Waals surface area contributed by atoms with E-state index in [1.54, 1.807) is 0 Å². The van der Waals surface area contributed by atoms with Gasteiger partial charge >= 0.3 is 0 Å². The Kier molecular flexibility index (Phi) is 3.74. The number of hydrogen-bond acceptors (Lipinski definition) is 2. The lowest BCUT2D eigenvalue weighted by molar-refractivity contribution is -0.118. The van der Waals surface area contributed by atoms with Crippen molar-refractivity contribution >= 4 is 11.5 Å². The molecule has 0 bridgehead atoms. The van der Waals surface area contributed by atoms with E-state index in [-0.39, 0.29) is 11.9 Å². The van der Waals surface area contributed by atoms with Gasteiger partial charge in [-0.3, -0.25) is 4.79 Å². The van der Waals surface area contributed by atoms with Crippen LogP contribution < -0.4 is 0 Å². The molecule has 0 aromatic heterocycles. The third kappa shape index (κ3) is 2.70. The highest BCUT2D eigenvalue weighted by Crippen LogP contribution is 2.40. The first-order valence-electron chi connectivity index (χ1n) is 8.39. The molecule has 4 rings (SSSR count). The SMILES string of the molecule is O=C1CC(c2ccccc2)OC2=C1CCCCc1ccccc12. The minimum atomic E-state index is -0.171. The molecule has 1 heterocycles. The van der Waals surface area contributed by atoms with Crippen molar-refractivity contribution in [3.8, 4) is 0 Å². The van der Waals surface area contributed by atoms with Crippen LogP contribution in [-0.4, -0.2) is 5.78 Å². The van der Waals surface area contributed by atoms with Gasteiger partial charge in [0, 0.05) is 11.1 Å². The highest BCUT2D eigenvalue weighted by Gasteiger charge is 2.31.